The first kappa shape index (κ1) is 35.6. The van der Waals surface area contributed by atoms with Gasteiger partial charge in [0.2, 0.25) is 24.6 Å². The van der Waals surface area contributed by atoms with Gasteiger partial charge < -0.3 is 32.3 Å². The van der Waals surface area contributed by atoms with Crippen LogP contribution in [0.3, 0.4) is 0 Å². The Kier molecular flexibility index (Phi) is 17.1. The highest BCUT2D eigenvalue weighted by Crippen LogP contribution is 2.06. The molecule has 0 rings (SSSR count). The predicted molar refractivity (Wildman–Crippen MR) is 129 cm³/mol. The first-order chi connectivity index (χ1) is 18.2. The maximum Gasteiger partial charge on any atom is 0.326 e. The maximum absolute atomic E-state index is 12.6. The number of nitrogens with two attached hydrogens (primary N) is 2. The van der Waals surface area contributed by atoms with Gasteiger partial charge in [-0.2, -0.15) is 0 Å². The van der Waals surface area contributed by atoms with Crippen LogP contribution in [0.4, 0.5) is 0 Å². The van der Waals surface area contributed by atoms with Gasteiger partial charge in [-0.25, -0.2) is 20.0 Å². The molecule has 0 fully saturated rings. The lowest BCUT2D eigenvalue weighted by Gasteiger charge is -2.26. The zero-order valence-electron chi connectivity index (χ0n) is 21.6. The van der Waals surface area contributed by atoms with Crippen LogP contribution in [-0.2, 0) is 28.8 Å². The molecule has 11 N–H and O–H groups in total. The molecule has 0 aliphatic rings. The lowest BCUT2D eigenvalue weighted by atomic mass is 10.1. The zero-order chi connectivity index (χ0) is 30.1. The second kappa shape index (κ2) is 18.8. The summed E-state index contributed by atoms with van der Waals surface area (Å²) in [7, 11) is 0. The monoisotopic (exact) mass is 565 g/mol. The normalized spacial score (nSPS) is 14.6. The van der Waals surface area contributed by atoms with Crippen molar-refractivity contribution in [1.29, 1.82) is 0 Å². The van der Waals surface area contributed by atoms with E-state index < -0.39 is 60.5 Å². The molecule has 0 aromatic heterocycles. The van der Waals surface area contributed by atoms with Crippen LogP contribution in [0.1, 0.15) is 45.4 Å². The summed E-state index contributed by atoms with van der Waals surface area (Å²) in [6.07, 6.45) is -0.984. The Hall–Kier alpha value is -3.42. The van der Waals surface area contributed by atoms with Gasteiger partial charge in [0.15, 0.2) is 0 Å². The van der Waals surface area contributed by atoms with Crippen molar-refractivity contribution in [3.63, 3.8) is 0 Å². The second-order valence-electron chi connectivity index (χ2n) is 8.76. The summed E-state index contributed by atoms with van der Waals surface area (Å²) in [5.74, 6) is -4.12. The molecule has 5 amide bonds. The molecular formula is C21H39N7O11. The summed E-state index contributed by atoms with van der Waals surface area (Å²) in [4.78, 5) is 69.2. The Morgan fingerprint density at radius 3 is 1.64 bits per heavy atom. The summed E-state index contributed by atoms with van der Waals surface area (Å²) in [5, 5.41) is 52.9. The van der Waals surface area contributed by atoms with E-state index in [-0.39, 0.29) is 69.5 Å². The maximum atomic E-state index is 12.6. The Morgan fingerprint density at radius 1 is 0.795 bits per heavy atom. The lowest BCUT2D eigenvalue weighted by Crippen LogP contribution is -2.56. The lowest BCUT2D eigenvalue weighted by molar-refractivity contribution is -0.171. The fourth-order valence-electron chi connectivity index (χ4n) is 3.22. The van der Waals surface area contributed by atoms with E-state index in [0.717, 1.165) is 0 Å². The summed E-state index contributed by atoms with van der Waals surface area (Å²) < 4.78 is 0. The van der Waals surface area contributed by atoms with Crippen molar-refractivity contribution in [2.24, 2.45) is 11.5 Å². The Balaban J connectivity index is 4.81. The third-order valence-corrected chi connectivity index (χ3v) is 5.50. The number of aliphatic hydroxyl groups excluding tert-OH is 1. The summed E-state index contributed by atoms with van der Waals surface area (Å²) >= 11 is 0. The van der Waals surface area contributed by atoms with E-state index in [0.29, 0.717) is 10.1 Å². The Morgan fingerprint density at radius 2 is 1.23 bits per heavy atom. The molecule has 0 aliphatic heterocycles. The number of hydrogen-bond acceptors (Lipinski definition) is 12. The van der Waals surface area contributed by atoms with Gasteiger partial charge in [0.05, 0.1) is 18.2 Å². The van der Waals surface area contributed by atoms with Crippen LogP contribution in [0.2, 0.25) is 0 Å². The van der Waals surface area contributed by atoms with Gasteiger partial charge in [0.1, 0.15) is 12.1 Å². The minimum atomic E-state index is -1.58. The number of aliphatic carboxylic acids is 1. The number of nitrogens with one attached hydrogen (secondary N) is 2. The summed E-state index contributed by atoms with van der Waals surface area (Å²) in [6.45, 7) is 0.621. The van der Waals surface area contributed by atoms with Crippen LogP contribution in [0.15, 0.2) is 0 Å². The van der Waals surface area contributed by atoms with Crippen molar-refractivity contribution in [3.05, 3.63) is 0 Å². The van der Waals surface area contributed by atoms with Gasteiger partial charge >= 0.3 is 5.97 Å². The molecule has 224 valence electrons. The molecule has 39 heavy (non-hydrogen) atoms. The van der Waals surface area contributed by atoms with Gasteiger partial charge in [-0.3, -0.25) is 39.6 Å². The standard InChI is InChI=1S/C21H39N7O11/c1-13(31)17(25-19(33)15(23)6-3-9-27(38)12-30)20(34)28(39)10-4-7-16(21(35)36)24-18(32)14(22)5-2-8-26(37)11-29/h11-17,31,37-39H,2-10,22-23H2,1H3,(H,24,32)(H,25,33)(H,35,36)/t13-,14-,15-,16+,17-/m1/s1. The Bertz CT molecular complexity index is 817. The van der Waals surface area contributed by atoms with Gasteiger partial charge in [0, 0.05) is 19.6 Å². The van der Waals surface area contributed by atoms with Crippen molar-refractivity contribution >= 4 is 36.5 Å². The molecular weight excluding hydrogens is 526 g/mol. The largest absolute Gasteiger partial charge is 0.480 e. The number of carboxylic acid groups (broad SMARTS) is 1. The zero-order valence-corrected chi connectivity index (χ0v) is 21.6. The first-order valence-corrected chi connectivity index (χ1v) is 12.1. The van der Waals surface area contributed by atoms with Crippen molar-refractivity contribution < 1.29 is 54.6 Å². The number of nitrogens with zero attached hydrogens (tertiary/aromatic N) is 3. The predicted octanol–water partition coefficient (Wildman–Crippen LogP) is -3.67. The molecule has 0 saturated carbocycles. The molecule has 18 heteroatoms. The third kappa shape index (κ3) is 14.3. The highest BCUT2D eigenvalue weighted by molar-refractivity contribution is 5.89. The van der Waals surface area contributed by atoms with E-state index in [4.69, 9.17) is 21.9 Å². The van der Waals surface area contributed by atoms with E-state index in [1.807, 2.05) is 0 Å². The minimum absolute atomic E-state index is 0.0326. The Labute approximate surface area is 224 Å². The molecule has 0 aromatic rings. The highest BCUT2D eigenvalue weighted by atomic mass is 16.5. The average Bonchev–Trinajstić information content (AvgIpc) is 2.89. The van der Waals surface area contributed by atoms with Crippen LogP contribution in [0, 0.1) is 0 Å². The molecule has 0 heterocycles. The molecule has 0 bridgehead atoms. The quantitative estimate of drug-likeness (QED) is 0.0369. The minimum Gasteiger partial charge on any atom is -0.480 e. The summed E-state index contributed by atoms with van der Waals surface area (Å²) in [6, 6.07) is -5.25. The van der Waals surface area contributed by atoms with E-state index in [1.165, 1.54) is 6.92 Å². The van der Waals surface area contributed by atoms with E-state index in [1.54, 1.807) is 0 Å². The van der Waals surface area contributed by atoms with Gasteiger partial charge in [-0.15, -0.1) is 0 Å². The number of rotatable bonds is 21. The van der Waals surface area contributed by atoms with Crippen molar-refractivity contribution in [2.75, 3.05) is 19.6 Å². The second-order valence-corrected chi connectivity index (χ2v) is 8.76. The number of carbonyl (C=O) groups excluding carboxylic acids is 5. The molecule has 0 spiro atoms. The fourth-order valence-corrected chi connectivity index (χ4v) is 3.22. The summed E-state index contributed by atoms with van der Waals surface area (Å²) in [5.41, 5.74) is 11.4. The van der Waals surface area contributed by atoms with Crippen LogP contribution in [-0.4, -0.2) is 127 Å². The van der Waals surface area contributed by atoms with Crippen molar-refractivity contribution in [3.8, 4) is 0 Å². The van der Waals surface area contributed by atoms with Crippen LogP contribution < -0.4 is 22.1 Å². The number of amides is 5. The van der Waals surface area contributed by atoms with Gasteiger partial charge in [-0.1, -0.05) is 0 Å². The van der Waals surface area contributed by atoms with Gasteiger partial charge in [-0.05, 0) is 45.4 Å². The van der Waals surface area contributed by atoms with Crippen LogP contribution in [0.25, 0.3) is 0 Å². The topological polar surface area (TPSA) is 289 Å². The van der Waals surface area contributed by atoms with E-state index >= 15 is 0 Å². The number of carboxylic acids is 1. The molecule has 0 radical (unpaired) electrons. The number of hydrogen-bond donors (Lipinski definition) is 9. The third-order valence-electron chi connectivity index (χ3n) is 5.50. The number of aliphatic hydroxyl groups is 1. The molecule has 5 atom stereocenters. The SMILES string of the molecule is C[C@@H](O)[C@@H](NC(=O)[C@H](N)CCCN(O)C=O)C(=O)N(O)CCC[C@H](NC(=O)[C@H](N)CCCN(O)C=O)C(=O)O. The van der Waals surface area contributed by atoms with Crippen molar-refractivity contribution in [2.45, 2.75) is 75.7 Å². The molecule has 0 saturated heterocycles. The fraction of sp³-hybridized carbons (Fsp3) is 0.714. The molecule has 0 unspecified atom stereocenters. The van der Waals surface area contributed by atoms with Crippen molar-refractivity contribution in [1.82, 2.24) is 25.8 Å². The van der Waals surface area contributed by atoms with E-state index in [2.05, 4.69) is 10.6 Å². The van der Waals surface area contributed by atoms with E-state index in [9.17, 15) is 44.2 Å². The molecule has 18 nitrogen and oxygen atoms in total. The molecule has 0 aliphatic carbocycles. The molecule has 0 aromatic carbocycles. The van der Waals surface area contributed by atoms with Crippen LogP contribution in [0.5, 0.6) is 0 Å². The van der Waals surface area contributed by atoms with Crippen LogP contribution >= 0.6 is 0 Å². The highest BCUT2D eigenvalue weighted by Gasteiger charge is 2.31. The first-order valence-electron chi connectivity index (χ1n) is 12.1. The van der Waals surface area contributed by atoms with Gasteiger partial charge in [0.25, 0.3) is 5.91 Å². The number of carbonyl (C=O) groups is 6. The smallest absolute Gasteiger partial charge is 0.326 e. The average molecular weight is 566 g/mol. The number of hydroxylamine groups is 6.